The first kappa shape index (κ1) is 18.0. The van der Waals surface area contributed by atoms with Crippen molar-refractivity contribution in [1.29, 1.82) is 0 Å². The molecule has 0 radical (unpaired) electrons. The van der Waals surface area contributed by atoms with E-state index in [0.29, 0.717) is 0 Å². The summed E-state index contributed by atoms with van der Waals surface area (Å²) in [7, 11) is 0. The van der Waals surface area contributed by atoms with E-state index in [4.69, 9.17) is 0 Å². The highest BCUT2D eigenvalue weighted by Gasteiger charge is 2.67. The Morgan fingerprint density at radius 1 is 0.414 bits per heavy atom. The lowest BCUT2D eigenvalue weighted by molar-refractivity contribution is -0.124. The monoisotopic (exact) mass is 392 g/mol. The van der Waals surface area contributed by atoms with Crippen molar-refractivity contribution in [1.82, 2.24) is 0 Å². The minimum absolute atomic E-state index is 0.213. The first-order chi connectivity index (χ1) is 14.3. The molecule has 1 heterocycles. The van der Waals surface area contributed by atoms with E-state index in [9.17, 15) is 4.79 Å². The molecular formula is C27H20OS. The Labute approximate surface area is 175 Å². The normalized spacial score (nSPS) is 16.8. The van der Waals surface area contributed by atoms with Crippen LogP contribution in [0.15, 0.2) is 121 Å². The highest BCUT2D eigenvalue weighted by molar-refractivity contribution is 8.05. The molecule has 0 unspecified atom stereocenters. The standard InChI is InChI=1S/C27H20OS/c28-25-26(21-13-5-1-6-14-21,22-15-7-2-8-16-22)29-27(25,23-17-9-3-10-18-23)24-19-11-4-12-20-24/h1-20H. The zero-order valence-corrected chi connectivity index (χ0v) is 16.7. The zero-order valence-electron chi connectivity index (χ0n) is 15.9. The number of hydrogen-bond donors (Lipinski definition) is 0. The molecule has 1 aliphatic heterocycles. The molecule has 1 fully saturated rings. The first-order valence-corrected chi connectivity index (χ1v) is 10.6. The number of Topliss-reactive ketones (excluding diaryl/α,β-unsaturated/α-hetero) is 1. The van der Waals surface area contributed by atoms with E-state index in [1.807, 2.05) is 72.8 Å². The predicted molar refractivity (Wildman–Crippen MR) is 120 cm³/mol. The molecule has 5 rings (SSSR count). The van der Waals surface area contributed by atoms with E-state index < -0.39 is 9.49 Å². The van der Waals surface area contributed by atoms with Gasteiger partial charge in [0.15, 0.2) is 5.78 Å². The number of hydrogen-bond acceptors (Lipinski definition) is 2. The molecular weight excluding hydrogens is 372 g/mol. The number of benzene rings is 4. The van der Waals surface area contributed by atoms with E-state index in [1.54, 1.807) is 11.8 Å². The fourth-order valence-electron chi connectivity index (χ4n) is 4.31. The van der Waals surface area contributed by atoms with Crippen molar-refractivity contribution >= 4 is 17.5 Å². The van der Waals surface area contributed by atoms with Crippen molar-refractivity contribution in [2.75, 3.05) is 0 Å². The molecule has 4 aromatic carbocycles. The molecule has 0 N–H and O–H groups in total. The summed E-state index contributed by atoms with van der Waals surface area (Å²) in [5.41, 5.74) is 4.12. The molecule has 0 saturated carbocycles. The van der Waals surface area contributed by atoms with Crippen molar-refractivity contribution < 1.29 is 4.79 Å². The Morgan fingerprint density at radius 2 is 0.655 bits per heavy atom. The molecule has 0 aromatic heterocycles. The number of rotatable bonds is 4. The molecule has 1 nitrogen and oxygen atoms in total. The maximum absolute atomic E-state index is 14.4. The van der Waals surface area contributed by atoms with Gasteiger partial charge in [0.2, 0.25) is 0 Å². The van der Waals surface area contributed by atoms with Gasteiger partial charge in [-0.1, -0.05) is 121 Å². The molecule has 0 amide bonds. The van der Waals surface area contributed by atoms with Crippen LogP contribution in [-0.4, -0.2) is 5.78 Å². The summed E-state index contributed by atoms with van der Waals surface area (Å²) in [6.45, 7) is 0. The van der Waals surface area contributed by atoms with Crippen molar-refractivity contribution in [2.45, 2.75) is 9.49 Å². The van der Waals surface area contributed by atoms with Crippen LogP contribution in [0.2, 0.25) is 0 Å². The van der Waals surface area contributed by atoms with Gasteiger partial charge in [0.25, 0.3) is 0 Å². The number of carbonyl (C=O) groups excluding carboxylic acids is 1. The Morgan fingerprint density at radius 3 is 0.862 bits per heavy atom. The van der Waals surface area contributed by atoms with Crippen molar-refractivity contribution in [3.05, 3.63) is 144 Å². The Balaban J connectivity index is 1.75. The van der Waals surface area contributed by atoms with Crippen LogP contribution in [0.5, 0.6) is 0 Å². The molecule has 1 aliphatic rings. The molecule has 0 atom stereocenters. The van der Waals surface area contributed by atoms with E-state index in [2.05, 4.69) is 48.5 Å². The van der Waals surface area contributed by atoms with Gasteiger partial charge in [-0.15, -0.1) is 11.8 Å². The molecule has 140 valence electrons. The maximum Gasteiger partial charge on any atom is 0.182 e. The largest absolute Gasteiger partial charge is 0.295 e. The second kappa shape index (κ2) is 7.06. The Kier molecular flexibility index (Phi) is 4.37. The van der Waals surface area contributed by atoms with Crippen LogP contribution >= 0.6 is 11.8 Å². The quantitative estimate of drug-likeness (QED) is 0.412. The van der Waals surface area contributed by atoms with Gasteiger partial charge in [0.05, 0.1) is 0 Å². The van der Waals surface area contributed by atoms with Gasteiger partial charge in [-0.05, 0) is 22.3 Å². The number of carbonyl (C=O) groups is 1. The summed E-state index contributed by atoms with van der Waals surface area (Å²) in [5, 5.41) is 0. The molecule has 0 bridgehead atoms. The summed E-state index contributed by atoms with van der Waals surface area (Å²) in [5.74, 6) is 0.213. The van der Waals surface area contributed by atoms with Gasteiger partial charge in [-0.2, -0.15) is 0 Å². The summed E-state index contributed by atoms with van der Waals surface area (Å²) in [4.78, 5) is 14.4. The van der Waals surface area contributed by atoms with Gasteiger partial charge in [0.1, 0.15) is 9.49 Å². The topological polar surface area (TPSA) is 17.1 Å². The molecule has 4 aromatic rings. The zero-order chi connectivity index (χ0) is 19.7. The molecule has 29 heavy (non-hydrogen) atoms. The summed E-state index contributed by atoms with van der Waals surface area (Å²) in [6, 6.07) is 40.6. The molecule has 2 heteroatoms. The van der Waals surface area contributed by atoms with Gasteiger partial charge < -0.3 is 0 Å². The lowest BCUT2D eigenvalue weighted by atomic mass is 9.74. The third kappa shape index (κ3) is 2.60. The highest BCUT2D eigenvalue weighted by Crippen LogP contribution is 2.67. The van der Waals surface area contributed by atoms with Gasteiger partial charge >= 0.3 is 0 Å². The Hall–Kier alpha value is -3.10. The van der Waals surface area contributed by atoms with Crippen molar-refractivity contribution in [3.8, 4) is 0 Å². The SMILES string of the molecule is O=C1C(c2ccccc2)(c2ccccc2)SC1(c1ccccc1)c1ccccc1. The lowest BCUT2D eigenvalue weighted by Crippen LogP contribution is -2.58. The average Bonchev–Trinajstić information content (AvgIpc) is 2.81. The van der Waals surface area contributed by atoms with E-state index in [-0.39, 0.29) is 5.78 Å². The van der Waals surface area contributed by atoms with Crippen LogP contribution in [0.25, 0.3) is 0 Å². The van der Waals surface area contributed by atoms with E-state index in [1.165, 1.54) is 0 Å². The highest BCUT2D eigenvalue weighted by atomic mass is 32.2. The second-order valence-corrected chi connectivity index (χ2v) is 8.69. The van der Waals surface area contributed by atoms with E-state index >= 15 is 0 Å². The fourth-order valence-corrected chi connectivity index (χ4v) is 6.12. The third-order valence-corrected chi connectivity index (χ3v) is 7.59. The van der Waals surface area contributed by atoms with Crippen LogP contribution in [0, 0.1) is 0 Å². The molecule has 0 spiro atoms. The van der Waals surface area contributed by atoms with Gasteiger partial charge in [-0.25, -0.2) is 0 Å². The second-order valence-electron chi connectivity index (χ2n) is 7.26. The maximum atomic E-state index is 14.4. The summed E-state index contributed by atoms with van der Waals surface area (Å²) < 4.78 is -1.43. The first-order valence-electron chi connectivity index (χ1n) is 9.76. The average molecular weight is 393 g/mol. The van der Waals surface area contributed by atoms with Crippen molar-refractivity contribution in [3.63, 3.8) is 0 Å². The van der Waals surface area contributed by atoms with Crippen LogP contribution in [0.3, 0.4) is 0 Å². The minimum Gasteiger partial charge on any atom is -0.295 e. The fraction of sp³-hybridized carbons (Fsp3) is 0.0741. The van der Waals surface area contributed by atoms with Gasteiger partial charge in [-0.3, -0.25) is 4.79 Å². The summed E-state index contributed by atoms with van der Waals surface area (Å²) in [6.07, 6.45) is 0. The minimum atomic E-state index is -0.714. The molecule has 0 aliphatic carbocycles. The predicted octanol–water partition coefficient (Wildman–Crippen LogP) is 6.19. The summed E-state index contributed by atoms with van der Waals surface area (Å²) >= 11 is 1.74. The van der Waals surface area contributed by atoms with Crippen LogP contribution in [0.4, 0.5) is 0 Å². The smallest absolute Gasteiger partial charge is 0.182 e. The van der Waals surface area contributed by atoms with Crippen molar-refractivity contribution in [2.24, 2.45) is 0 Å². The third-order valence-electron chi connectivity index (χ3n) is 5.67. The molecule has 1 saturated heterocycles. The van der Waals surface area contributed by atoms with Gasteiger partial charge in [0, 0.05) is 0 Å². The van der Waals surface area contributed by atoms with E-state index in [0.717, 1.165) is 22.3 Å². The van der Waals surface area contributed by atoms with Crippen LogP contribution < -0.4 is 0 Å². The van der Waals surface area contributed by atoms with Crippen LogP contribution in [0.1, 0.15) is 22.3 Å². The lowest BCUT2D eigenvalue weighted by Gasteiger charge is -2.54. The Bertz CT molecular complexity index is 952. The number of thioether (sulfide) groups is 1. The number of ketones is 1. The van der Waals surface area contributed by atoms with Crippen LogP contribution in [-0.2, 0) is 14.3 Å².